The van der Waals surface area contributed by atoms with E-state index in [0.717, 1.165) is 11.1 Å². The third kappa shape index (κ3) is 3.23. The number of halogens is 1. The number of alkyl halides is 1. The van der Waals surface area contributed by atoms with Crippen molar-refractivity contribution in [3.8, 4) is 0 Å². The third-order valence-electron chi connectivity index (χ3n) is 5.85. The number of nitrogens with zero attached hydrogens (tertiary/aromatic N) is 1. The molecular formula is C19H23FN4O3. The van der Waals surface area contributed by atoms with Crippen LogP contribution in [0.15, 0.2) is 18.2 Å². The molecule has 0 aromatic heterocycles. The summed E-state index contributed by atoms with van der Waals surface area (Å²) in [6, 6.07) is 4.99. The molecule has 1 unspecified atom stereocenters. The van der Waals surface area contributed by atoms with Gasteiger partial charge in [0, 0.05) is 37.7 Å². The number of nitrogens with two attached hydrogens (primary N) is 1. The van der Waals surface area contributed by atoms with E-state index in [1.807, 2.05) is 12.1 Å². The minimum atomic E-state index is -1.26. The van der Waals surface area contributed by atoms with Crippen LogP contribution in [0.1, 0.15) is 47.2 Å². The highest BCUT2D eigenvalue weighted by Gasteiger charge is 2.44. The number of carbonyl (C=O) groups excluding carboxylic acids is 3. The van der Waals surface area contributed by atoms with Gasteiger partial charge in [0.1, 0.15) is 11.7 Å². The molecule has 1 atom stereocenters. The number of nitrogens with one attached hydrogen (secondary N) is 2. The Labute approximate surface area is 156 Å². The maximum absolute atomic E-state index is 13.9. The van der Waals surface area contributed by atoms with Gasteiger partial charge in [0.25, 0.3) is 5.91 Å². The van der Waals surface area contributed by atoms with Gasteiger partial charge in [0.05, 0.1) is 0 Å². The second kappa shape index (κ2) is 6.69. The van der Waals surface area contributed by atoms with Crippen molar-refractivity contribution in [1.82, 2.24) is 15.5 Å². The van der Waals surface area contributed by atoms with Gasteiger partial charge in [-0.25, -0.2) is 4.39 Å². The molecule has 1 saturated heterocycles. The number of imide groups is 1. The fourth-order valence-electron chi connectivity index (χ4n) is 4.20. The second-order valence-corrected chi connectivity index (χ2v) is 7.68. The summed E-state index contributed by atoms with van der Waals surface area (Å²) in [6.45, 7) is 0.922. The molecule has 4 N–H and O–H groups in total. The molecular weight excluding hydrogens is 351 g/mol. The lowest BCUT2D eigenvalue weighted by Crippen LogP contribution is -2.54. The van der Waals surface area contributed by atoms with E-state index in [9.17, 15) is 18.8 Å². The summed E-state index contributed by atoms with van der Waals surface area (Å²) in [5.74, 6) is -0.897. The van der Waals surface area contributed by atoms with Gasteiger partial charge in [0.2, 0.25) is 11.8 Å². The van der Waals surface area contributed by atoms with Gasteiger partial charge in [-0.15, -0.1) is 0 Å². The maximum atomic E-state index is 13.9. The third-order valence-corrected chi connectivity index (χ3v) is 5.85. The van der Waals surface area contributed by atoms with E-state index < -0.39 is 17.6 Å². The Hall–Kier alpha value is -2.32. The van der Waals surface area contributed by atoms with Crippen LogP contribution in [0.4, 0.5) is 4.39 Å². The number of fused-ring (bicyclic) bond motifs is 1. The van der Waals surface area contributed by atoms with Crippen LogP contribution in [0.2, 0.25) is 0 Å². The first kappa shape index (κ1) is 18.1. The summed E-state index contributed by atoms with van der Waals surface area (Å²) in [5, 5.41) is 5.64. The van der Waals surface area contributed by atoms with E-state index in [1.54, 1.807) is 11.0 Å². The molecule has 2 fully saturated rings. The topological polar surface area (TPSA) is 105 Å². The zero-order chi connectivity index (χ0) is 19.2. The number of hydrogen-bond acceptors (Lipinski definition) is 5. The van der Waals surface area contributed by atoms with Crippen LogP contribution in [0.5, 0.6) is 0 Å². The first-order valence-corrected chi connectivity index (χ1v) is 9.28. The monoisotopic (exact) mass is 374 g/mol. The SMILES string of the molecule is NCC1(F)CC(NCc2cccc3c2CN(C2CCC(=O)NC2=O)C3=O)C1. The van der Waals surface area contributed by atoms with Gasteiger partial charge in [-0.1, -0.05) is 12.1 Å². The number of rotatable bonds is 5. The van der Waals surface area contributed by atoms with Gasteiger partial charge in [-0.3, -0.25) is 19.7 Å². The van der Waals surface area contributed by atoms with Crippen molar-refractivity contribution in [2.75, 3.05) is 6.54 Å². The van der Waals surface area contributed by atoms with Crippen molar-refractivity contribution in [3.63, 3.8) is 0 Å². The van der Waals surface area contributed by atoms with Crippen LogP contribution < -0.4 is 16.4 Å². The van der Waals surface area contributed by atoms with Gasteiger partial charge in [-0.05, 0) is 36.5 Å². The van der Waals surface area contributed by atoms with Crippen LogP contribution in [-0.4, -0.2) is 46.9 Å². The van der Waals surface area contributed by atoms with Crippen molar-refractivity contribution >= 4 is 17.7 Å². The standard InChI is InChI=1S/C19H23FN4O3/c20-19(10-21)6-12(7-19)22-8-11-2-1-3-13-14(11)9-24(18(13)27)15-4-5-16(25)23-17(15)26/h1-3,12,15,22H,4-10,21H2,(H,23,25,26). The molecule has 3 aliphatic rings. The fourth-order valence-corrected chi connectivity index (χ4v) is 4.20. The minimum absolute atomic E-state index is 0.0430. The first-order valence-electron chi connectivity index (χ1n) is 9.28. The molecule has 27 heavy (non-hydrogen) atoms. The largest absolute Gasteiger partial charge is 0.328 e. The zero-order valence-corrected chi connectivity index (χ0v) is 15.0. The highest BCUT2D eigenvalue weighted by molar-refractivity contribution is 6.05. The Kier molecular flexibility index (Phi) is 4.47. The molecule has 144 valence electrons. The predicted octanol–water partition coefficient (Wildman–Crippen LogP) is 0.367. The number of piperidine rings is 1. The number of carbonyl (C=O) groups is 3. The fraction of sp³-hybridized carbons (Fsp3) is 0.526. The quantitative estimate of drug-likeness (QED) is 0.646. The smallest absolute Gasteiger partial charge is 0.255 e. The molecule has 1 aliphatic carbocycles. The molecule has 0 radical (unpaired) electrons. The van der Waals surface area contributed by atoms with Gasteiger partial charge >= 0.3 is 0 Å². The van der Waals surface area contributed by atoms with E-state index in [1.165, 1.54) is 0 Å². The highest BCUT2D eigenvalue weighted by Crippen LogP contribution is 2.36. The summed E-state index contributed by atoms with van der Waals surface area (Å²) < 4.78 is 13.9. The van der Waals surface area contributed by atoms with Crippen molar-refractivity contribution in [2.24, 2.45) is 5.73 Å². The van der Waals surface area contributed by atoms with E-state index in [-0.39, 0.29) is 30.8 Å². The molecule has 1 aromatic carbocycles. The number of hydrogen-bond donors (Lipinski definition) is 3. The molecule has 0 bridgehead atoms. The molecule has 0 spiro atoms. The zero-order valence-electron chi connectivity index (χ0n) is 15.0. The number of amides is 3. The maximum Gasteiger partial charge on any atom is 0.255 e. The van der Waals surface area contributed by atoms with Crippen molar-refractivity contribution in [2.45, 2.75) is 56.5 Å². The predicted molar refractivity (Wildman–Crippen MR) is 95.2 cm³/mol. The molecule has 2 heterocycles. The summed E-state index contributed by atoms with van der Waals surface area (Å²) in [4.78, 5) is 37.8. The van der Waals surface area contributed by atoms with Gasteiger partial charge in [0.15, 0.2) is 0 Å². The Morgan fingerprint density at radius 2 is 2.07 bits per heavy atom. The lowest BCUT2D eigenvalue weighted by molar-refractivity contribution is -0.136. The minimum Gasteiger partial charge on any atom is -0.328 e. The van der Waals surface area contributed by atoms with Gasteiger partial charge < -0.3 is 16.0 Å². The molecule has 8 heteroatoms. The summed E-state index contributed by atoms with van der Waals surface area (Å²) in [6.07, 6.45) is 1.39. The molecule has 1 saturated carbocycles. The Bertz CT molecular complexity index is 806. The summed E-state index contributed by atoms with van der Waals surface area (Å²) in [5.41, 5.74) is 6.63. The van der Waals surface area contributed by atoms with Crippen LogP contribution >= 0.6 is 0 Å². The summed E-state index contributed by atoms with van der Waals surface area (Å²) >= 11 is 0. The van der Waals surface area contributed by atoms with Crippen molar-refractivity contribution in [1.29, 1.82) is 0 Å². The Balaban J connectivity index is 1.45. The van der Waals surface area contributed by atoms with Crippen LogP contribution in [0.25, 0.3) is 0 Å². The lowest BCUT2D eigenvalue weighted by Gasteiger charge is -2.41. The molecule has 4 rings (SSSR count). The van der Waals surface area contributed by atoms with Crippen molar-refractivity contribution in [3.05, 3.63) is 34.9 Å². The molecule has 2 aliphatic heterocycles. The van der Waals surface area contributed by atoms with Crippen molar-refractivity contribution < 1.29 is 18.8 Å². The first-order chi connectivity index (χ1) is 12.9. The normalized spacial score (nSPS) is 30.1. The van der Waals surface area contributed by atoms with Crippen LogP contribution in [-0.2, 0) is 22.7 Å². The lowest BCUT2D eigenvalue weighted by atomic mass is 9.77. The molecule has 3 amide bonds. The average Bonchev–Trinajstić information content (AvgIpc) is 2.95. The second-order valence-electron chi connectivity index (χ2n) is 7.68. The average molecular weight is 374 g/mol. The Morgan fingerprint density at radius 3 is 2.78 bits per heavy atom. The van der Waals surface area contributed by atoms with E-state index in [2.05, 4.69) is 10.6 Å². The number of benzene rings is 1. The molecule has 1 aromatic rings. The van der Waals surface area contributed by atoms with Crippen LogP contribution in [0.3, 0.4) is 0 Å². The van der Waals surface area contributed by atoms with E-state index >= 15 is 0 Å². The van der Waals surface area contributed by atoms with E-state index in [0.29, 0.717) is 37.9 Å². The summed E-state index contributed by atoms with van der Waals surface area (Å²) in [7, 11) is 0. The van der Waals surface area contributed by atoms with Gasteiger partial charge in [-0.2, -0.15) is 0 Å². The highest BCUT2D eigenvalue weighted by atomic mass is 19.1. The van der Waals surface area contributed by atoms with E-state index in [4.69, 9.17) is 5.73 Å². The van der Waals surface area contributed by atoms with Crippen LogP contribution in [0, 0.1) is 0 Å². The Morgan fingerprint density at radius 1 is 1.30 bits per heavy atom. The molecule has 7 nitrogen and oxygen atoms in total.